The van der Waals surface area contributed by atoms with Gasteiger partial charge in [0.05, 0.1) is 6.61 Å². The van der Waals surface area contributed by atoms with Gasteiger partial charge in [0.1, 0.15) is 11.6 Å². The molecule has 0 saturated carbocycles. The molecule has 12 heteroatoms. The molecule has 32 heavy (non-hydrogen) atoms. The lowest BCUT2D eigenvalue weighted by Gasteiger charge is -2.36. The fourth-order valence-electron chi connectivity index (χ4n) is 3.64. The van der Waals surface area contributed by atoms with E-state index in [0.29, 0.717) is 32.7 Å². The number of aliphatic hydroxyl groups excluding tert-OH is 1. The van der Waals surface area contributed by atoms with Gasteiger partial charge in [-0.2, -0.15) is 0 Å². The molecule has 1 atom stereocenters. The summed E-state index contributed by atoms with van der Waals surface area (Å²) >= 11 is 0. The molecule has 0 bridgehead atoms. The Morgan fingerprint density at radius 1 is 1.12 bits per heavy atom. The van der Waals surface area contributed by atoms with Crippen LogP contribution in [0.25, 0.3) is 0 Å². The number of hydrogen-bond acceptors (Lipinski definition) is 8. The molecule has 2 aliphatic rings. The van der Waals surface area contributed by atoms with Gasteiger partial charge in [-0.1, -0.05) is 6.07 Å². The van der Waals surface area contributed by atoms with E-state index >= 15 is 0 Å². The van der Waals surface area contributed by atoms with E-state index in [1.165, 1.54) is 0 Å². The quantitative estimate of drug-likeness (QED) is 0.407. The van der Waals surface area contributed by atoms with Crippen LogP contribution in [-0.2, 0) is 11.3 Å². The van der Waals surface area contributed by atoms with Gasteiger partial charge in [0, 0.05) is 38.9 Å². The highest BCUT2D eigenvalue weighted by Gasteiger charge is 2.29. The van der Waals surface area contributed by atoms with Crippen LogP contribution in [0.1, 0.15) is 15.9 Å². The van der Waals surface area contributed by atoms with Crippen LogP contribution in [0.15, 0.2) is 34.0 Å². The Kier molecular flexibility index (Phi) is 6.23. The number of benzene rings is 1. The number of aliphatic hydroxyl groups is 1. The van der Waals surface area contributed by atoms with E-state index in [0.717, 1.165) is 23.3 Å². The molecule has 0 unspecified atom stereocenters. The topological polar surface area (TPSA) is 157 Å². The second-order valence-electron chi connectivity index (χ2n) is 7.48. The number of amides is 2. The summed E-state index contributed by atoms with van der Waals surface area (Å²) in [4.78, 5) is 55.8. The number of carbonyl (C=O) groups excluding carboxylic acids is 2. The molecule has 0 spiro atoms. The zero-order chi connectivity index (χ0) is 22.7. The van der Waals surface area contributed by atoms with Crippen molar-refractivity contribution >= 4 is 11.8 Å². The van der Waals surface area contributed by atoms with Crippen molar-refractivity contribution in [2.45, 2.75) is 12.6 Å². The number of ether oxygens (including phenoxy) is 2. The summed E-state index contributed by atoms with van der Waals surface area (Å²) in [6.45, 7) is 2.37. The number of nitrogens with zero attached hydrogens (tertiary/aromatic N) is 2. The monoisotopic (exact) mass is 445 g/mol. The molecule has 2 amide bonds. The fourth-order valence-corrected chi connectivity index (χ4v) is 3.64. The maximum absolute atomic E-state index is 12.8. The molecular weight excluding hydrogens is 422 g/mol. The predicted molar refractivity (Wildman–Crippen MR) is 110 cm³/mol. The number of piperazine rings is 1. The van der Waals surface area contributed by atoms with Gasteiger partial charge in [0.25, 0.3) is 11.5 Å². The lowest BCUT2D eigenvalue weighted by Crippen LogP contribution is -2.56. The zero-order valence-corrected chi connectivity index (χ0v) is 17.1. The Balaban J connectivity index is 1.32. The van der Waals surface area contributed by atoms with E-state index in [-0.39, 0.29) is 12.4 Å². The zero-order valence-electron chi connectivity index (χ0n) is 17.1. The summed E-state index contributed by atoms with van der Waals surface area (Å²) in [7, 11) is 0. The van der Waals surface area contributed by atoms with Crippen LogP contribution in [0.5, 0.6) is 11.5 Å². The first kappa shape index (κ1) is 21.6. The second kappa shape index (κ2) is 9.24. The smallest absolute Gasteiger partial charge is 0.325 e. The summed E-state index contributed by atoms with van der Waals surface area (Å²) in [6, 6.07) is 4.59. The summed E-state index contributed by atoms with van der Waals surface area (Å²) < 4.78 is 10.7. The average molecular weight is 445 g/mol. The number of fused-ring (bicyclic) bond motifs is 1. The highest BCUT2D eigenvalue weighted by atomic mass is 16.7. The normalized spacial score (nSPS) is 16.6. The average Bonchev–Trinajstić information content (AvgIpc) is 3.25. The van der Waals surface area contributed by atoms with Crippen LogP contribution < -0.4 is 26.0 Å². The van der Waals surface area contributed by atoms with Crippen molar-refractivity contribution in [2.24, 2.45) is 0 Å². The number of rotatable bonds is 6. The van der Waals surface area contributed by atoms with Crippen molar-refractivity contribution in [2.75, 3.05) is 39.6 Å². The largest absolute Gasteiger partial charge is 0.454 e. The fraction of sp³-hybridized carbons (Fsp3) is 0.400. The van der Waals surface area contributed by atoms with Gasteiger partial charge < -0.3 is 29.8 Å². The second-order valence-corrected chi connectivity index (χ2v) is 7.48. The van der Waals surface area contributed by atoms with Crippen LogP contribution in [0.2, 0.25) is 0 Å². The van der Waals surface area contributed by atoms with E-state index in [4.69, 9.17) is 9.47 Å². The number of aromatic nitrogens is 2. The molecule has 0 radical (unpaired) electrons. The molecule has 3 heterocycles. The predicted octanol–water partition coefficient (Wildman–Crippen LogP) is -1.77. The van der Waals surface area contributed by atoms with E-state index in [1.807, 2.05) is 23.2 Å². The van der Waals surface area contributed by atoms with Crippen molar-refractivity contribution in [1.82, 2.24) is 25.1 Å². The van der Waals surface area contributed by atoms with Crippen molar-refractivity contribution < 1.29 is 24.2 Å². The minimum Gasteiger partial charge on any atom is -0.454 e. The third kappa shape index (κ3) is 4.65. The maximum atomic E-state index is 12.8. The molecule has 2 aromatic rings. The standard InChI is InChI=1S/C20H23N5O7/c26-10-14(22-17(27)13-8-21-20(30)23-18(13)28)19(29)25-5-3-24(4-6-25)9-12-1-2-15-16(7-12)32-11-31-15/h1-2,7-8,14,26H,3-6,9-11H2,(H,22,27)(H2,21,23,28,30)/t14-/m0/s1. The SMILES string of the molecule is O=C(N[C@@H](CO)C(=O)N1CCN(Cc2ccc3c(c2)OCO3)CC1)c1c[nH]c(=O)[nH]c1=O. The molecule has 1 fully saturated rings. The van der Waals surface area contributed by atoms with Gasteiger partial charge in [0.2, 0.25) is 12.7 Å². The lowest BCUT2D eigenvalue weighted by molar-refractivity contribution is -0.136. The first-order valence-electron chi connectivity index (χ1n) is 10.1. The number of aromatic amines is 2. The van der Waals surface area contributed by atoms with Crippen LogP contribution in [0.3, 0.4) is 0 Å². The summed E-state index contributed by atoms with van der Waals surface area (Å²) in [5.74, 6) is 0.144. The van der Waals surface area contributed by atoms with Gasteiger partial charge in [-0.25, -0.2) is 4.79 Å². The van der Waals surface area contributed by atoms with Gasteiger partial charge in [-0.3, -0.25) is 24.3 Å². The number of H-pyrrole nitrogens is 2. The minimum atomic E-state index is -1.20. The van der Waals surface area contributed by atoms with Gasteiger partial charge in [0.15, 0.2) is 11.5 Å². The molecule has 4 rings (SSSR count). The molecule has 170 valence electrons. The Bertz CT molecular complexity index is 1120. The van der Waals surface area contributed by atoms with Gasteiger partial charge >= 0.3 is 5.69 Å². The Labute approximate surface area is 181 Å². The number of hydrogen-bond donors (Lipinski definition) is 4. The molecule has 2 aliphatic heterocycles. The summed E-state index contributed by atoms with van der Waals surface area (Å²) in [5, 5.41) is 12.0. The highest BCUT2D eigenvalue weighted by molar-refractivity contribution is 5.97. The lowest BCUT2D eigenvalue weighted by atomic mass is 10.1. The minimum absolute atomic E-state index is 0.221. The Morgan fingerprint density at radius 2 is 1.88 bits per heavy atom. The Morgan fingerprint density at radius 3 is 2.59 bits per heavy atom. The van der Waals surface area contributed by atoms with E-state index in [2.05, 4.69) is 15.2 Å². The Hall–Kier alpha value is -3.64. The van der Waals surface area contributed by atoms with E-state index in [1.54, 1.807) is 4.90 Å². The molecule has 4 N–H and O–H groups in total. The number of carbonyl (C=O) groups is 2. The van der Waals surface area contributed by atoms with Crippen LogP contribution in [0, 0.1) is 0 Å². The van der Waals surface area contributed by atoms with Gasteiger partial charge in [-0.15, -0.1) is 0 Å². The van der Waals surface area contributed by atoms with E-state index < -0.39 is 35.7 Å². The van der Waals surface area contributed by atoms with Gasteiger partial charge in [-0.05, 0) is 17.7 Å². The van der Waals surface area contributed by atoms with Crippen LogP contribution in [-0.4, -0.2) is 82.3 Å². The molecular formula is C20H23N5O7. The third-order valence-electron chi connectivity index (χ3n) is 5.38. The third-order valence-corrected chi connectivity index (χ3v) is 5.38. The van der Waals surface area contributed by atoms with Crippen molar-refractivity contribution in [1.29, 1.82) is 0 Å². The molecule has 0 aliphatic carbocycles. The molecule has 1 aromatic heterocycles. The highest BCUT2D eigenvalue weighted by Crippen LogP contribution is 2.32. The van der Waals surface area contributed by atoms with Crippen LogP contribution in [0.4, 0.5) is 0 Å². The maximum Gasteiger partial charge on any atom is 0.325 e. The van der Waals surface area contributed by atoms with Crippen LogP contribution >= 0.6 is 0 Å². The van der Waals surface area contributed by atoms with Crippen molar-refractivity contribution in [3.8, 4) is 11.5 Å². The molecule has 1 saturated heterocycles. The number of nitrogens with one attached hydrogen (secondary N) is 3. The van der Waals surface area contributed by atoms with E-state index in [9.17, 15) is 24.3 Å². The molecule has 12 nitrogen and oxygen atoms in total. The summed E-state index contributed by atoms with van der Waals surface area (Å²) in [6.07, 6.45) is 0.963. The first-order valence-corrected chi connectivity index (χ1v) is 10.1. The van der Waals surface area contributed by atoms with Crippen molar-refractivity contribution in [3.05, 3.63) is 56.4 Å². The summed E-state index contributed by atoms with van der Waals surface area (Å²) in [5.41, 5.74) is -0.919. The first-order chi connectivity index (χ1) is 15.4. The molecule has 1 aromatic carbocycles. The van der Waals surface area contributed by atoms with Crippen molar-refractivity contribution in [3.63, 3.8) is 0 Å².